The minimum absolute atomic E-state index is 0. The summed E-state index contributed by atoms with van der Waals surface area (Å²) in [7, 11) is 14.9. The van der Waals surface area contributed by atoms with E-state index in [4.69, 9.17) is 28.3 Å². The zero-order valence-electron chi connectivity index (χ0n) is 3.57. The molecule has 7 heteroatoms. The van der Waals surface area contributed by atoms with Gasteiger partial charge in [0.2, 0.25) is 0 Å². The predicted octanol–water partition coefficient (Wildman–Crippen LogP) is 2.55. The number of hydrogen-bond acceptors (Lipinski definition) is 3. The van der Waals surface area contributed by atoms with Crippen molar-refractivity contribution in [2.75, 3.05) is 0 Å². The van der Waals surface area contributed by atoms with Crippen molar-refractivity contribution < 1.29 is 14.2 Å². The Balaban J connectivity index is -0.0000000150. The maximum absolute atomic E-state index is 4.96. The van der Waals surface area contributed by atoms with E-state index in [1.54, 1.807) is 0 Å². The Morgan fingerprint density at radius 1 is 0.714 bits per heavy atom. The Hall–Kier alpha value is 1.44. The monoisotopic (exact) mass is 351 g/mol. The molecule has 0 aliphatic heterocycles. The molecule has 0 aromatic heterocycles. The molecule has 0 amide bonds. The first-order valence-corrected chi connectivity index (χ1v) is 8.81. The predicted molar refractivity (Wildman–Crippen MR) is 32.6 cm³/mol. The van der Waals surface area contributed by atoms with Gasteiger partial charge in [0, 0.05) is 0 Å². The van der Waals surface area contributed by atoms with Crippen molar-refractivity contribution in [1.29, 1.82) is 0 Å². The van der Waals surface area contributed by atoms with E-state index in [2.05, 4.69) is 0 Å². The quantitative estimate of drug-likeness (QED) is 0.624. The molecular weight excluding hydrogens is 343 g/mol. The molecule has 0 rings (SSSR count). The summed E-state index contributed by atoms with van der Waals surface area (Å²) in [4.78, 5) is 0. The molecule has 0 heterocycles. The van der Waals surface area contributed by atoms with Crippen LogP contribution in [0.1, 0.15) is 0 Å². The SMILES string of the molecule is N.N.N.[Cl][Pt]([Cl])[Cl]. The van der Waals surface area contributed by atoms with Crippen molar-refractivity contribution in [3.63, 3.8) is 0 Å². The Bertz CT molecular complexity index is 14.9. The van der Waals surface area contributed by atoms with Gasteiger partial charge in [-0.25, -0.2) is 0 Å². The van der Waals surface area contributed by atoms with E-state index in [0.717, 1.165) is 0 Å². The summed E-state index contributed by atoms with van der Waals surface area (Å²) in [6.45, 7) is 0. The zero-order chi connectivity index (χ0) is 3.58. The molecule has 0 bridgehead atoms. The second-order valence-corrected chi connectivity index (χ2v) is 9.98. The van der Waals surface area contributed by atoms with Crippen molar-refractivity contribution >= 4 is 28.3 Å². The molecule has 0 saturated heterocycles. The van der Waals surface area contributed by atoms with Gasteiger partial charge >= 0.3 is 42.4 Å². The van der Waals surface area contributed by atoms with Crippen LogP contribution >= 0.6 is 28.3 Å². The summed E-state index contributed by atoms with van der Waals surface area (Å²) < 4.78 is 0. The zero-order valence-corrected chi connectivity index (χ0v) is 8.11. The molecule has 3 nitrogen and oxygen atoms in total. The molecular formula is H9Cl3N3Pt. The van der Waals surface area contributed by atoms with Gasteiger partial charge in [-0.1, -0.05) is 0 Å². The molecule has 0 radical (unpaired) electrons. The van der Waals surface area contributed by atoms with Gasteiger partial charge in [-0.05, 0) is 0 Å². The fourth-order valence-corrected chi connectivity index (χ4v) is 0. The molecule has 0 aliphatic carbocycles. The Morgan fingerprint density at radius 2 is 0.714 bits per heavy atom. The van der Waals surface area contributed by atoms with Crippen LogP contribution in [0.3, 0.4) is 0 Å². The van der Waals surface area contributed by atoms with Crippen molar-refractivity contribution in [3.05, 3.63) is 0 Å². The Labute approximate surface area is 60.8 Å². The average Bonchev–Trinajstić information content (AvgIpc) is 0.811. The first kappa shape index (κ1) is 23.7. The Morgan fingerprint density at radius 3 is 0.714 bits per heavy atom. The number of hydrogen-bond donors (Lipinski definition) is 3. The third-order valence-corrected chi connectivity index (χ3v) is 0. The van der Waals surface area contributed by atoms with E-state index in [1.807, 2.05) is 0 Å². The van der Waals surface area contributed by atoms with Crippen molar-refractivity contribution in [3.8, 4) is 0 Å². The molecule has 7 heavy (non-hydrogen) atoms. The second kappa shape index (κ2) is 15.7. The van der Waals surface area contributed by atoms with Gasteiger partial charge in [-0.15, -0.1) is 0 Å². The molecule has 0 fully saturated rings. The second-order valence-electron chi connectivity index (χ2n) is 0.136. The summed E-state index contributed by atoms with van der Waals surface area (Å²) in [5.41, 5.74) is 0. The minimum atomic E-state index is -1.85. The molecule has 0 aromatic carbocycles. The van der Waals surface area contributed by atoms with Gasteiger partial charge in [-0.3, -0.25) is 0 Å². The van der Waals surface area contributed by atoms with E-state index in [1.165, 1.54) is 0 Å². The number of rotatable bonds is 0. The molecule has 55 valence electrons. The maximum atomic E-state index is 4.96. The standard InChI is InChI=1S/3ClH.3H3N.Pt/h3*1H;3*1H3;/q;;;;;;+3/p-3. The van der Waals surface area contributed by atoms with E-state index < -0.39 is 14.2 Å². The topological polar surface area (TPSA) is 105 Å². The van der Waals surface area contributed by atoms with E-state index in [0.29, 0.717) is 0 Å². The van der Waals surface area contributed by atoms with Crippen LogP contribution in [0.4, 0.5) is 0 Å². The third kappa shape index (κ3) is 106. The molecule has 0 saturated carbocycles. The fourth-order valence-electron chi connectivity index (χ4n) is 0. The van der Waals surface area contributed by atoms with Crippen LogP contribution in [0.15, 0.2) is 0 Å². The third-order valence-electron chi connectivity index (χ3n) is 0. The molecule has 0 aromatic rings. The van der Waals surface area contributed by atoms with Crippen LogP contribution in [-0.2, 0) is 14.2 Å². The summed E-state index contributed by atoms with van der Waals surface area (Å²) in [6, 6.07) is 0. The van der Waals surface area contributed by atoms with Crippen molar-refractivity contribution in [1.82, 2.24) is 18.5 Å². The van der Waals surface area contributed by atoms with E-state index >= 15 is 0 Å². The van der Waals surface area contributed by atoms with Gasteiger partial charge in [0.05, 0.1) is 0 Å². The summed E-state index contributed by atoms with van der Waals surface area (Å²) in [6.07, 6.45) is 0. The van der Waals surface area contributed by atoms with Gasteiger partial charge in [-0.2, -0.15) is 0 Å². The summed E-state index contributed by atoms with van der Waals surface area (Å²) >= 11 is -1.85. The van der Waals surface area contributed by atoms with Crippen LogP contribution in [0.25, 0.3) is 0 Å². The van der Waals surface area contributed by atoms with E-state index in [9.17, 15) is 0 Å². The normalized spacial score (nSPS) is 6.43. The van der Waals surface area contributed by atoms with Gasteiger partial charge < -0.3 is 18.5 Å². The Kier molecular flexibility index (Phi) is 53.0. The van der Waals surface area contributed by atoms with Crippen LogP contribution < -0.4 is 18.5 Å². The summed E-state index contributed by atoms with van der Waals surface area (Å²) in [5, 5.41) is 0. The van der Waals surface area contributed by atoms with Crippen LogP contribution in [0.2, 0.25) is 0 Å². The van der Waals surface area contributed by atoms with E-state index in [-0.39, 0.29) is 18.5 Å². The van der Waals surface area contributed by atoms with Crippen molar-refractivity contribution in [2.45, 2.75) is 0 Å². The van der Waals surface area contributed by atoms with Crippen LogP contribution in [-0.4, -0.2) is 0 Å². The van der Waals surface area contributed by atoms with Crippen molar-refractivity contribution in [2.24, 2.45) is 0 Å². The van der Waals surface area contributed by atoms with Gasteiger partial charge in [0.15, 0.2) is 0 Å². The molecule has 0 atom stereocenters. The first-order valence-electron chi connectivity index (χ1n) is 0.359. The average molecular weight is 353 g/mol. The molecule has 0 unspecified atom stereocenters. The molecule has 0 spiro atoms. The summed E-state index contributed by atoms with van der Waals surface area (Å²) in [5.74, 6) is 0. The molecule has 0 aliphatic rings. The van der Waals surface area contributed by atoms with Crippen LogP contribution in [0, 0.1) is 0 Å². The van der Waals surface area contributed by atoms with Gasteiger partial charge in [0.25, 0.3) is 0 Å². The number of halogens is 3. The first-order chi connectivity index (χ1) is 1.73. The molecule has 9 N–H and O–H groups in total. The fraction of sp³-hybridized carbons (Fsp3) is 0. The van der Waals surface area contributed by atoms with Crippen LogP contribution in [0.5, 0.6) is 0 Å². The van der Waals surface area contributed by atoms with Gasteiger partial charge in [0.1, 0.15) is 0 Å².